The number of nitrogens with one attached hydrogen (secondary N) is 2. The van der Waals surface area contributed by atoms with Crippen molar-refractivity contribution in [3.63, 3.8) is 0 Å². The van der Waals surface area contributed by atoms with Crippen LogP contribution in [-0.2, 0) is 19.9 Å². The largest absolute Gasteiger partial charge is 0.394 e. The van der Waals surface area contributed by atoms with E-state index in [1.165, 1.54) is 0 Å². The van der Waals surface area contributed by atoms with Crippen molar-refractivity contribution < 1.29 is 27.0 Å². The van der Waals surface area contributed by atoms with Crippen LogP contribution in [0.15, 0.2) is 0 Å². The van der Waals surface area contributed by atoms with Crippen LogP contribution in [0.25, 0.3) is 0 Å². The minimum Gasteiger partial charge on any atom is -0.370 e. The number of hydrogen-bond donors (Lipinski definition) is 5. The molecule has 0 unspecified atom stereocenters. The van der Waals surface area contributed by atoms with Crippen LogP contribution >= 0.6 is 0 Å². The average molecular weight is 273 g/mol. The van der Waals surface area contributed by atoms with E-state index in [1.807, 2.05) is 13.8 Å². The number of nitrogens with two attached hydrogens (primary N) is 1. The van der Waals surface area contributed by atoms with Gasteiger partial charge < -0.3 is 20.5 Å². The lowest BCUT2D eigenvalue weighted by atomic mass is 10.6. The summed E-state index contributed by atoms with van der Waals surface area (Å²) in [7, 11) is -4.67. The third-order valence-corrected chi connectivity index (χ3v) is 1.16. The van der Waals surface area contributed by atoms with E-state index in [9.17, 15) is 0 Å². The second-order valence-electron chi connectivity index (χ2n) is 2.58. The molecule has 0 aromatic heterocycles. The molecule has 0 atom stereocenters. The van der Waals surface area contributed by atoms with E-state index in [0.29, 0.717) is 19.8 Å². The van der Waals surface area contributed by atoms with Gasteiger partial charge in [0.2, 0.25) is 0 Å². The van der Waals surface area contributed by atoms with Crippen LogP contribution in [-0.4, -0.2) is 49.5 Å². The number of hydrogen-bond acceptors (Lipinski definition) is 5. The van der Waals surface area contributed by atoms with E-state index in [0.717, 1.165) is 0 Å². The molecule has 0 saturated heterocycles. The summed E-state index contributed by atoms with van der Waals surface area (Å²) in [5, 5.41) is 9.53. The molecule has 0 aromatic rings. The molecule has 104 valence electrons. The van der Waals surface area contributed by atoms with Gasteiger partial charge in [-0.2, -0.15) is 8.42 Å². The summed E-state index contributed by atoms with van der Waals surface area (Å²) in [5.74, 6) is -0.0700. The van der Waals surface area contributed by atoms with Crippen molar-refractivity contribution >= 4 is 16.4 Å². The van der Waals surface area contributed by atoms with Gasteiger partial charge in [-0.1, -0.05) is 0 Å². The first-order valence-corrected chi connectivity index (χ1v) is 6.11. The summed E-state index contributed by atoms with van der Waals surface area (Å²) >= 11 is 0. The van der Waals surface area contributed by atoms with E-state index in [4.69, 9.17) is 38.1 Å². The Kier molecular flexibility index (Phi) is 11.1. The Morgan fingerprint density at radius 1 is 1.35 bits per heavy atom. The first-order valence-electron chi connectivity index (χ1n) is 4.71. The van der Waals surface area contributed by atoms with Gasteiger partial charge in [-0.25, -0.2) is 0 Å². The highest BCUT2D eigenvalue weighted by Gasteiger charge is 2.06. The van der Waals surface area contributed by atoms with Crippen molar-refractivity contribution in [2.45, 2.75) is 20.1 Å². The quantitative estimate of drug-likeness (QED) is 0.182. The topological polar surface area (TPSA) is 155 Å². The SMILES string of the molecule is CCOC(CNC(=N)N)OCC.O=S(=O)(O)O. The summed E-state index contributed by atoms with van der Waals surface area (Å²) in [6, 6.07) is 0. The predicted molar refractivity (Wildman–Crippen MR) is 61.1 cm³/mol. The average Bonchev–Trinajstić information content (AvgIpc) is 2.12. The van der Waals surface area contributed by atoms with Gasteiger partial charge >= 0.3 is 10.4 Å². The second-order valence-corrected chi connectivity index (χ2v) is 3.48. The van der Waals surface area contributed by atoms with Gasteiger partial charge in [-0.05, 0) is 13.8 Å². The monoisotopic (exact) mass is 273 g/mol. The molecule has 0 spiro atoms. The fourth-order valence-corrected chi connectivity index (χ4v) is 0.731. The zero-order valence-corrected chi connectivity index (χ0v) is 10.5. The Hall–Kier alpha value is -0.940. The zero-order chi connectivity index (χ0) is 13.9. The van der Waals surface area contributed by atoms with Gasteiger partial charge in [0.1, 0.15) is 0 Å². The van der Waals surface area contributed by atoms with Gasteiger partial charge in [-0.3, -0.25) is 14.5 Å². The summed E-state index contributed by atoms with van der Waals surface area (Å²) in [4.78, 5) is 0. The minimum absolute atomic E-state index is 0.0700. The lowest BCUT2D eigenvalue weighted by Gasteiger charge is -2.16. The first kappa shape index (κ1) is 18.4. The molecular formula is C7H19N3O6S. The van der Waals surface area contributed by atoms with Gasteiger partial charge in [0, 0.05) is 13.2 Å². The van der Waals surface area contributed by atoms with E-state index < -0.39 is 10.4 Å². The summed E-state index contributed by atoms with van der Waals surface area (Å²) in [6.07, 6.45) is -0.316. The maximum atomic E-state index is 8.74. The van der Waals surface area contributed by atoms with Crippen LogP contribution in [0, 0.1) is 5.41 Å². The molecule has 9 nitrogen and oxygen atoms in total. The number of ether oxygens (including phenoxy) is 2. The Morgan fingerprint density at radius 3 is 1.94 bits per heavy atom. The van der Waals surface area contributed by atoms with E-state index >= 15 is 0 Å². The molecular weight excluding hydrogens is 254 g/mol. The Balaban J connectivity index is 0. The normalized spacial score (nSPS) is 10.6. The summed E-state index contributed by atoms with van der Waals surface area (Å²) < 4.78 is 42.0. The zero-order valence-electron chi connectivity index (χ0n) is 9.71. The molecule has 0 aliphatic carbocycles. The molecule has 0 fully saturated rings. The third-order valence-electron chi connectivity index (χ3n) is 1.16. The molecule has 0 aliphatic heterocycles. The number of rotatable bonds is 6. The molecule has 10 heteroatoms. The third kappa shape index (κ3) is 25.4. The Bertz CT molecular complexity index is 280. The highest BCUT2D eigenvalue weighted by atomic mass is 32.3. The molecule has 0 aromatic carbocycles. The van der Waals surface area contributed by atoms with Gasteiger partial charge in [0.05, 0.1) is 6.54 Å². The van der Waals surface area contributed by atoms with Crippen LogP contribution in [0.3, 0.4) is 0 Å². The van der Waals surface area contributed by atoms with E-state index in [1.54, 1.807) is 0 Å². The smallest absolute Gasteiger partial charge is 0.370 e. The Labute approximate surface area is 100 Å². The molecule has 0 amide bonds. The second kappa shape index (κ2) is 10.2. The Morgan fingerprint density at radius 2 is 1.71 bits per heavy atom. The fourth-order valence-electron chi connectivity index (χ4n) is 0.731. The molecule has 0 heterocycles. The number of guanidine groups is 1. The fraction of sp³-hybridized carbons (Fsp3) is 0.857. The highest BCUT2D eigenvalue weighted by molar-refractivity contribution is 7.79. The van der Waals surface area contributed by atoms with Gasteiger partial charge in [0.25, 0.3) is 0 Å². The van der Waals surface area contributed by atoms with Crippen LogP contribution in [0.5, 0.6) is 0 Å². The van der Waals surface area contributed by atoms with Crippen LogP contribution in [0.4, 0.5) is 0 Å². The molecule has 0 bridgehead atoms. The minimum atomic E-state index is -4.67. The lowest BCUT2D eigenvalue weighted by molar-refractivity contribution is -0.131. The van der Waals surface area contributed by atoms with Crippen LogP contribution < -0.4 is 11.1 Å². The van der Waals surface area contributed by atoms with Gasteiger partial charge in [0.15, 0.2) is 12.2 Å². The molecule has 17 heavy (non-hydrogen) atoms. The molecule has 0 saturated carbocycles. The van der Waals surface area contributed by atoms with Crippen molar-refractivity contribution in [2.24, 2.45) is 5.73 Å². The van der Waals surface area contributed by atoms with Crippen molar-refractivity contribution in [1.29, 1.82) is 5.41 Å². The highest BCUT2D eigenvalue weighted by Crippen LogP contribution is 1.92. The maximum Gasteiger partial charge on any atom is 0.394 e. The first-order chi connectivity index (χ1) is 7.70. The maximum absolute atomic E-state index is 8.74. The summed E-state index contributed by atoms with van der Waals surface area (Å²) in [5.41, 5.74) is 5.09. The molecule has 0 radical (unpaired) electrons. The van der Waals surface area contributed by atoms with Crippen molar-refractivity contribution in [1.82, 2.24) is 5.32 Å². The predicted octanol–water partition coefficient (Wildman–Crippen LogP) is -0.784. The van der Waals surface area contributed by atoms with Crippen molar-refractivity contribution in [2.75, 3.05) is 19.8 Å². The molecule has 6 N–H and O–H groups in total. The van der Waals surface area contributed by atoms with Crippen LogP contribution in [0.1, 0.15) is 13.8 Å². The van der Waals surface area contributed by atoms with E-state index in [2.05, 4.69) is 5.32 Å². The van der Waals surface area contributed by atoms with Gasteiger partial charge in [-0.15, -0.1) is 0 Å². The molecule has 0 rings (SSSR count). The van der Waals surface area contributed by atoms with E-state index in [-0.39, 0.29) is 12.2 Å². The summed E-state index contributed by atoms with van der Waals surface area (Å²) in [6.45, 7) is 5.37. The standard InChI is InChI=1S/C7H17N3O2.H2O4S/c1-3-11-6(12-4-2)5-10-7(8)9;1-5(2,3)4/h6H,3-5H2,1-2H3,(H4,8,9,10);(H2,1,2,3,4). The molecule has 0 aliphatic rings. The van der Waals surface area contributed by atoms with Crippen LogP contribution in [0.2, 0.25) is 0 Å². The van der Waals surface area contributed by atoms with Crippen molar-refractivity contribution in [3.05, 3.63) is 0 Å². The van der Waals surface area contributed by atoms with Crippen molar-refractivity contribution in [3.8, 4) is 0 Å². The lowest BCUT2D eigenvalue weighted by Crippen LogP contribution is -2.38.